The molecule has 1 fully saturated rings. The maximum absolute atomic E-state index is 12.2. The van der Waals surface area contributed by atoms with E-state index in [1.165, 1.54) is 12.1 Å². The summed E-state index contributed by atoms with van der Waals surface area (Å²) in [7, 11) is 0. The number of rotatable bonds is 6. The number of carboxylic acids is 1. The molecule has 1 saturated heterocycles. The van der Waals surface area contributed by atoms with Gasteiger partial charge in [0.1, 0.15) is 5.76 Å². The van der Waals surface area contributed by atoms with Crippen LogP contribution in [0.5, 0.6) is 0 Å². The number of hydrogen-bond acceptors (Lipinski definition) is 4. The maximum Gasteiger partial charge on any atom is 0.371 e. The van der Waals surface area contributed by atoms with E-state index < -0.39 is 5.97 Å². The van der Waals surface area contributed by atoms with Crippen LogP contribution in [0.3, 0.4) is 0 Å². The maximum atomic E-state index is 12.2. The molecule has 23 heavy (non-hydrogen) atoms. The summed E-state index contributed by atoms with van der Waals surface area (Å²) in [6, 6.07) is 2.89. The molecule has 1 aliphatic rings. The molecule has 0 spiro atoms. The van der Waals surface area contributed by atoms with Gasteiger partial charge < -0.3 is 19.7 Å². The van der Waals surface area contributed by atoms with Crippen LogP contribution in [0.2, 0.25) is 0 Å². The van der Waals surface area contributed by atoms with Crippen molar-refractivity contribution in [1.29, 1.82) is 0 Å². The summed E-state index contributed by atoms with van der Waals surface area (Å²) in [5.74, 6) is -1.15. The molecule has 1 atom stereocenters. The van der Waals surface area contributed by atoms with Gasteiger partial charge in [-0.15, -0.1) is 0 Å². The van der Waals surface area contributed by atoms with Crippen LogP contribution in [0.4, 0.5) is 0 Å². The Morgan fingerprint density at radius 2 is 2.17 bits per heavy atom. The van der Waals surface area contributed by atoms with Crippen molar-refractivity contribution in [2.24, 2.45) is 5.92 Å². The highest BCUT2D eigenvalue weighted by atomic mass is 16.4. The molecular formula is C16H22N2O5. The highest BCUT2D eigenvalue weighted by Gasteiger charge is 2.28. The molecule has 1 unspecified atom stereocenters. The molecule has 0 aromatic carbocycles. The minimum atomic E-state index is -1.14. The standard InChI is InChI=1S/C16H22N2O5/c1-2-4-14(19)18-8-3-5-11(10-18)15(20)17-9-12-6-7-13(23-12)16(21)22/h6-7,11H,2-5,8-10H2,1H3,(H,17,20)(H,21,22). The average Bonchev–Trinajstić information content (AvgIpc) is 3.02. The SMILES string of the molecule is CCCC(=O)N1CCCC(C(=O)NCc2ccc(C(=O)O)o2)C1. The first-order valence-electron chi connectivity index (χ1n) is 7.88. The van der Waals surface area contributed by atoms with Crippen molar-refractivity contribution in [1.82, 2.24) is 10.2 Å². The van der Waals surface area contributed by atoms with Crippen molar-refractivity contribution in [2.75, 3.05) is 13.1 Å². The van der Waals surface area contributed by atoms with Crippen molar-refractivity contribution in [3.05, 3.63) is 23.7 Å². The van der Waals surface area contributed by atoms with Crippen molar-refractivity contribution in [3.63, 3.8) is 0 Å². The number of carbonyl (C=O) groups is 3. The number of carbonyl (C=O) groups excluding carboxylic acids is 2. The second-order valence-corrected chi connectivity index (χ2v) is 5.72. The van der Waals surface area contributed by atoms with E-state index in [2.05, 4.69) is 5.32 Å². The van der Waals surface area contributed by atoms with Crippen LogP contribution in [-0.2, 0) is 16.1 Å². The number of hydrogen-bond donors (Lipinski definition) is 2. The Morgan fingerprint density at radius 1 is 1.39 bits per heavy atom. The van der Waals surface area contributed by atoms with Gasteiger partial charge in [-0.2, -0.15) is 0 Å². The van der Waals surface area contributed by atoms with E-state index in [1.807, 2.05) is 6.92 Å². The zero-order valence-corrected chi connectivity index (χ0v) is 13.2. The van der Waals surface area contributed by atoms with Crippen LogP contribution in [0.1, 0.15) is 48.9 Å². The lowest BCUT2D eigenvalue weighted by molar-refractivity contribution is -0.135. The molecule has 0 bridgehead atoms. The quantitative estimate of drug-likeness (QED) is 0.829. The highest BCUT2D eigenvalue weighted by Crippen LogP contribution is 2.18. The van der Waals surface area contributed by atoms with Gasteiger partial charge in [-0.1, -0.05) is 6.92 Å². The van der Waals surface area contributed by atoms with Crippen molar-refractivity contribution >= 4 is 17.8 Å². The van der Waals surface area contributed by atoms with Crippen molar-refractivity contribution in [2.45, 2.75) is 39.2 Å². The normalized spacial score (nSPS) is 17.8. The molecule has 1 aliphatic heterocycles. The third-order valence-corrected chi connectivity index (χ3v) is 3.92. The Bertz CT molecular complexity index is 581. The van der Waals surface area contributed by atoms with Crippen LogP contribution >= 0.6 is 0 Å². The molecule has 0 saturated carbocycles. The van der Waals surface area contributed by atoms with Gasteiger partial charge in [0.15, 0.2) is 0 Å². The van der Waals surface area contributed by atoms with E-state index in [4.69, 9.17) is 9.52 Å². The Kier molecular flexibility index (Phi) is 5.78. The monoisotopic (exact) mass is 322 g/mol. The van der Waals surface area contributed by atoms with Gasteiger partial charge in [0.25, 0.3) is 0 Å². The topological polar surface area (TPSA) is 99.9 Å². The molecule has 2 amide bonds. The third kappa shape index (κ3) is 4.58. The first-order valence-corrected chi connectivity index (χ1v) is 7.88. The van der Waals surface area contributed by atoms with Gasteiger partial charge in [-0.05, 0) is 31.4 Å². The second kappa shape index (κ2) is 7.80. The molecule has 7 nitrogen and oxygen atoms in total. The summed E-state index contributed by atoms with van der Waals surface area (Å²) < 4.78 is 5.10. The lowest BCUT2D eigenvalue weighted by Gasteiger charge is -2.32. The van der Waals surface area contributed by atoms with Crippen LogP contribution < -0.4 is 5.32 Å². The molecule has 7 heteroatoms. The van der Waals surface area contributed by atoms with Crippen LogP contribution in [0.25, 0.3) is 0 Å². The van der Waals surface area contributed by atoms with Crippen molar-refractivity contribution < 1.29 is 23.9 Å². The minimum absolute atomic E-state index is 0.0992. The fourth-order valence-electron chi connectivity index (χ4n) is 2.70. The van der Waals surface area contributed by atoms with Crippen LogP contribution in [0.15, 0.2) is 16.5 Å². The summed E-state index contributed by atoms with van der Waals surface area (Å²) in [5, 5.41) is 11.5. The summed E-state index contributed by atoms with van der Waals surface area (Å²) in [5.41, 5.74) is 0. The minimum Gasteiger partial charge on any atom is -0.475 e. The van der Waals surface area contributed by atoms with E-state index >= 15 is 0 Å². The molecule has 2 heterocycles. The fraction of sp³-hybridized carbons (Fsp3) is 0.562. The predicted octanol–water partition coefficient (Wildman–Crippen LogP) is 1.63. The van der Waals surface area contributed by atoms with Crippen molar-refractivity contribution in [3.8, 4) is 0 Å². The van der Waals surface area contributed by atoms with Gasteiger partial charge in [0, 0.05) is 19.5 Å². The number of likely N-dealkylation sites (tertiary alicyclic amines) is 1. The number of carboxylic acid groups (broad SMARTS) is 1. The van der Waals surface area contributed by atoms with Gasteiger partial charge in [0.2, 0.25) is 17.6 Å². The van der Waals surface area contributed by atoms with Gasteiger partial charge in [-0.25, -0.2) is 4.79 Å². The van der Waals surface area contributed by atoms with Crippen LogP contribution in [0, 0.1) is 5.92 Å². The molecular weight excluding hydrogens is 300 g/mol. The smallest absolute Gasteiger partial charge is 0.371 e. The number of furan rings is 1. The Hall–Kier alpha value is -2.31. The Labute approximate surface area is 134 Å². The Morgan fingerprint density at radius 3 is 2.83 bits per heavy atom. The van der Waals surface area contributed by atoms with E-state index in [-0.39, 0.29) is 30.0 Å². The zero-order chi connectivity index (χ0) is 16.8. The van der Waals surface area contributed by atoms with E-state index in [0.29, 0.717) is 25.3 Å². The molecule has 0 aliphatic carbocycles. The number of nitrogens with zero attached hydrogens (tertiary/aromatic N) is 1. The van der Waals surface area contributed by atoms with Gasteiger partial charge in [-0.3, -0.25) is 9.59 Å². The zero-order valence-electron chi connectivity index (χ0n) is 13.2. The number of nitrogens with one attached hydrogen (secondary N) is 1. The van der Waals surface area contributed by atoms with E-state index in [0.717, 1.165) is 19.3 Å². The summed E-state index contributed by atoms with van der Waals surface area (Å²) in [4.78, 5) is 36.7. The first-order chi connectivity index (χ1) is 11.0. The molecule has 2 N–H and O–H groups in total. The number of piperidine rings is 1. The fourth-order valence-corrected chi connectivity index (χ4v) is 2.70. The molecule has 0 radical (unpaired) electrons. The van der Waals surface area contributed by atoms with E-state index in [9.17, 15) is 14.4 Å². The lowest BCUT2D eigenvalue weighted by atomic mass is 9.96. The number of amides is 2. The summed E-state index contributed by atoms with van der Waals surface area (Å²) in [6.45, 7) is 3.26. The number of aromatic carboxylic acids is 1. The largest absolute Gasteiger partial charge is 0.475 e. The van der Waals surface area contributed by atoms with Gasteiger partial charge >= 0.3 is 5.97 Å². The van der Waals surface area contributed by atoms with Gasteiger partial charge in [0.05, 0.1) is 12.5 Å². The predicted molar refractivity (Wildman–Crippen MR) is 81.7 cm³/mol. The molecule has 2 rings (SSSR count). The highest BCUT2D eigenvalue weighted by molar-refractivity contribution is 5.84. The Balaban J connectivity index is 1.84. The third-order valence-electron chi connectivity index (χ3n) is 3.92. The first kappa shape index (κ1) is 17.1. The summed E-state index contributed by atoms with van der Waals surface area (Å²) in [6.07, 6.45) is 2.88. The molecule has 1 aromatic rings. The molecule has 126 valence electrons. The summed E-state index contributed by atoms with van der Waals surface area (Å²) >= 11 is 0. The van der Waals surface area contributed by atoms with E-state index in [1.54, 1.807) is 4.90 Å². The molecule has 1 aromatic heterocycles. The second-order valence-electron chi connectivity index (χ2n) is 5.72. The van der Waals surface area contributed by atoms with Crippen LogP contribution in [-0.4, -0.2) is 40.9 Å². The average molecular weight is 322 g/mol. The lowest BCUT2D eigenvalue weighted by Crippen LogP contribution is -2.45.